The van der Waals surface area contributed by atoms with Crippen molar-refractivity contribution in [1.29, 1.82) is 0 Å². The maximum atomic E-state index is 2.30. The largest absolute Gasteiger partial charge is 0.0619 e. The summed E-state index contributed by atoms with van der Waals surface area (Å²) in [6.45, 7) is 11.3. The minimum Gasteiger partial charge on any atom is -0.0619 e. The first-order chi connectivity index (χ1) is 8.38. The lowest BCUT2D eigenvalue weighted by atomic mass is 9.84. The molecule has 0 bridgehead atoms. The van der Waals surface area contributed by atoms with E-state index < -0.39 is 0 Å². The number of hydrogen-bond acceptors (Lipinski definition) is 0. The number of benzene rings is 1. The summed E-state index contributed by atoms with van der Waals surface area (Å²) < 4.78 is 0. The predicted octanol–water partition coefficient (Wildman–Crippen LogP) is 5.57. The van der Waals surface area contributed by atoms with Crippen LogP contribution in [0.3, 0.4) is 0 Å². The molecule has 2 rings (SSSR count). The predicted molar refractivity (Wildman–Crippen MR) is 80.7 cm³/mol. The Balaban J connectivity index is 2.12. The van der Waals surface area contributed by atoms with Crippen molar-refractivity contribution in [1.82, 2.24) is 0 Å². The van der Waals surface area contributed by atoms with Gasteiger partial charge < -0.3 is 0 Å². The highest BCUT2D eigenvalue weighted by atomic mass is 14.3. The Morgan fingerprint density at radius 1 is 0.944 bits per heavy atom. The van der Waals surface area contributed by atoms with E-state index in [1.807, 2.05) is 0 Å². The van der Waals surface area contributed by atoms with Gasteiger partial charge in [0.05, 0.1) is 0 Å². The van der Waals surface area contributed by atoms with Crippen molar-refractivity contribution in [3.8, 4) is 0 Å². The molecule has 0 spiro atoms. The monoisotopic (exact) mass is 240 g/mol. The minimum atomic E-state index is 0.288. The van der Waals surface area contributed by atoms with Crippen LogP contribution in [0.2, 0.25) is 0 Å². The highest BCUT2D eigenvalue weighted by molar-refractivity contribution is 5.72. The van der Waals surface area contributed by atoms with E-state index >= 15 is 0 Å². The lowest BCUT2D eigenvalue weighted by Gasteiger charge is -2.21. The summed E-state index contributed by atoms with van der Waals surface area (Å²) >= 11 is 0. The van der Waals surface area contributed by atoms with Crippen LogP contribution in [-0.4, -0.2) is 0 Å². The number of rotatable bonds is 2. The summed E-state index contributed by atoms with van der Waals surface area (Å²) in [4.78, 5) is 0. The molecule has 0 aliphatic heterocycles. The quantitative estimate of drug-likeness (QED) is 0.634. The van der Waals surface area contributed by atoms with Gasteiger partial charge in [0.2, 0.25) is 0 Å². The molecule has 1 aliphatic carbocycles. The van der Waals surface area contributed by atoms with Gasteiger partial charge >= 0.3 is 0 Å². The van der Waals surface area contributed by atoms with Crippen molar-refractivity contribution in [2.24, 2.45) is 5.41 Å². The van der Waals surface area contributed by atoms with Crippen LogP contribution >= 0.6 is 0 Å². The lowest BCUT2D eigenvalue weighted by Crippen LogP contribution is -2.07. The van der Waals surface area contributed by atoms with E-state index in [0.717, 1.165) is 6.42 Å². The third-order valence-corrected chi connectivity index (χ3v) is 3.78. The Hall–Kier alpha value is -1.30. The second kappa shape index (κ2) is 4.76. The summed E-state index contributed by atoms with van der Waals surface area (Å²) in [6.07, 6.45) is 5.68. The zero-order valence-electron chi connectivity index (χ0n) is 12.2. The summed E-state index contributed by atoms with van der Waals surface area (Å²) in [5.74, 6) is 0.611. The van der Waals surface area contributed by atoms with E-state index in [9.17, 15) is 0 Å². The zero-order valence-corrected chi connectivity index (χ0v) is 12.2. The van der Waals surface area contributed by atoms with Crippen molar-refractivity contribution in [3.63, 3.8) is 0 Å². The average Bonchev–Trinajstić information content (AvgIpc) is 2.78. The van der Waals surface area contributed by atoms with Gasteiger partial charge in [-0.1, -0.05) is 76.6 Å². The van der Waals surface area contributed by atoms with Gasteiger partial charge in [0.15, 0.2) is 0 Å². The van der Waals surface area contributed by atoms with Gasteiger partial charge in [-0.15, -0.1) is 0 Å². The molecule has 96 valence electrons. The third-order valence-electron chi connectivity index (χ3n) is 3.78. The first-order valence-corrected chi connectivity index (χ1v) is 6.88. The standard InChI is InChI=1S/C18H24/c1-13(2)14-6-8-15(9-7-14)16-10-11-17(12-16)18(3,4)5/h6-11,13H,12H2,1-5H3. The number of allylic oxidation sites excluding steroid dienone is 4. The first kappa shape index (κ1) is 13.1. The smallest absolute Gasteiger partial charge is 0.00528 e. The molecule has 0 atom stereocenters. The van der Waals surface area contributed by atoms with Gasteiger partial charge in [-0.05, 0) is 34.5 Å². The maximum absolute atomic E-state index is 2.30. The van der Waals surface area contributed by atoms with Crippen molar-refractivity contribution in [2.75, 3.05) is 0 Å². The average molecular weight is 240 g/mol. The topological polar surface area (TPSA) is 0 Å². The van der Waals surface area contributed by atoms with Crippen molar-refractivity contribution in [2.45, 2.75) is 47.0 Å². The van der Waals surface area contributed by atoms with Gasteiger partial charge in [0, 0.05) is 0 Å². The molecule has 0 N–H and O–H groups in total. The van der Waals surface area contributed by atoms with E-state index in [0.29, 0.717) is 5.92 Å². The summed E-state index contributed by atoms with van der Waals surface area (Å²) in [6, 6.07) is 9.05. The van der Waals surface area contributed by atoms with Crippen LogP contribution in [0.4, 0.5) is 0 Å². The molecule has 0 amide bonds. The molecule has 0 unspecified atom stereocenters. The van der Waals surface area contributed by atoms with Gasteiger partial charge in [0.25, 0.3) is 0 Å². The SMILES string of the molecule is CC(C)c1ccc(C2=CC=C(C(C)(C)C)C2)cc1. The zero-order chi connectivity index (χ0) is 13.3. The summed E-state index contributed by atoms with van der Waals surface area (Å²) in [5.41, 5.74) is 6.06. The summed E-state index contributed by atoms with van der Waals surface area (Å²) in [5, 5.41) is 0. The first-order valence-electron chi connectivity index (χ1n) is 6.88. The molecular weight excluding hydrogens is 216 g/mol. The van der Waals surface area contributed by atoms with Gasteiger partial charge in [-0.25, -0.2) is 0 Å². The maximum Gasteiger partial charge on any atom is -0.00528 e. The Morgan fingerprint density at radius 3 is 2.00 bits per heavy atom. The van der Waals surface area contributed by atoms with Crippen molar-refractivity contribution in [3.05, 3.63) is 53.1 Å². The normalized spacial score (nSPS) is 15.9. The van der Waals surface area contributed by atoms with Crippen LogP contribution in [0.15, 0.2) is 42.0 Å². The number of hydrogen-bond donors (Lipinski definition) is 0. The van der Waals surface area contributed by atoms with E-state index in [-0.39, 0.29) is 5.41 Å². The second-order valence-corrected chi connectivity index (χ2v) is 6.59. The second-order valence-electron chi connectivity index (χ2n) is 6.59. The Kier molecular flexibility index (Phi) is 3.47. The van der Waals surface area contributed by atoms with Crippen molar-refractivity contribution >= 4 is 5.57 Å². The molecular formula is C18H24. The molecule has 0 nitrogen and oxygen atoms in total. The molecule has 0 heteroatoms. The Labute approximate surface area is 111 Å². The fourth-order valence-corrected chi connectivity index (χ4v) is 2.32. The Morgan fingerprint density at radius 2 is 1.56 bits per heavy atom. The van der Waals surface area contributed by atoms with E-state index in [1.54, 1.807) is 0 Å². The molecule has 1 aromatic carbocycles. The highest BCUT2D eigenvalue weighted by Gasteiger charge is 2.21. The van der Waals surface area contributed by atoms with Gasteiger partial charge in [0.1, 0.15) is 0 Å². The van der Waals surface area contributed by atoms with Gasteiger partial charge in [-0.3, -0.25) is 0 Å². The molecule has 0 saturated heterocycles. The van der Waals surface area contributed by atoms with Gasteiger partial charge in [-0.2, -0.15) is 0 Å². The Bertz CT molecular complexity index is 476. The van der Waals surface area contributed by atoms with Crippen LogP contribution in [0.5, 0.6) is 0 Å². The van der Waals surface area contributed by atoms with Crippen LogP contribution in [0.1, 0.15) is 58.1 Å². The van der Waals surface area contributed by atoms with Crippen LogP contribution in [0.25, 0.3) is 5.57 Å². The molecule has 0 saturated carbocycles. The van der Waals surface area contributed by atoms with Crippen LogP contribution in [0, 0.1) is 5.41 Å². The fraction of sp³-hybridized carbons (Fsp3) is 0.444. The summed E-state index contributed by atoms with van der Waals surface area (Å²) in [7, 11) is 0. The van der Waals surface area contributed by atoms with E-state index in [1.165, 1.54) is 22.3 Å². The molecule has 1 aromatic rings. The minimum absolute atomic E-state index is 0.288. The van der Waals surface area contributed by atoms with Crippen LogP contribution in [-0.2, 0) is 0 Å². The van der Waals surface area contributed by atoms with E-state index in [4.69, 9.17) is 0 Å². The molecule has 0 fully saturated rings. The fourth-order valence-electron chi connectivity index (χ4n) is 2.32. The lowest BCUT2D eigenvalue weighted by molar-refractivity contribution is 0.497. The van der Waals surface area contributed by atoms with E-state index in [2.05, 4.69) is 71.0 Å². The molecule has 1 aliphatic rings. The highest BCUT2D eigenvalue weighted by Crippen LogP contribution is 2.38. The van der Waals surface area contributed by atoms with Crippen LogP contribution < -0.4 is 0 Å². The molecule has 0 aromatic heterocycles. The molecule has 18 heavy (non-hydrogen) atoms. The molecule has 0 heterocycles. The third kappa shape index (κ3) is 2.75. The van der Waals surface area contributed by atoms with Crippen molar-refractivity contribution < 1.29 is 0 Å². The molecule has 0 radical (unpaired) electrons.